The maximum Gasteiger partial charge on any atom is 0.260 e. The smallest absolute Gasteiger partial charge is 0.260 e. The molecule has 1 amide bonds. The Morgan fingerprint density at radius 1 is 1.10 bits per heavy atom. The van der Waals surface area contributed by atoms with Gasteiger partial charge in [-0.1, -0.05) is 36.4 Å². The molecule has 3 rings (SSSR count). The standard InChI is InChI=1S/C24H31NO6/c1-29-22-15-25(23(27)17-30-19-11-3-2-4-12-19)14-8-7-10-18-9-5-6-13-21(18)31-16-20(26)24(22)28/h2-6,9,11-13,20,22,24,26,28H,7-8,10,14-17H2,1H3/t20-,22+,24-/m1/s1. The molecule has 1 heterocycles. The van der Waals surface area contributed by atoms with Crippen LogP contribution in [0.15, 0.2) is 54.6 Å². The van der Waals surface area contributed by atoms with Crippen LogP contribution in [-0.4, -0.2) is 72.7 Å². The second-order valence-corrected chi connectivity index (χ2v) is 7.65. The zero-order chi connectivity index (χ0) is 22.1. The summed E-state index contributed by atoms with van der Waals surface area (Å²) in [4.78, 5) is 14.5. The van der Waals surface area contributed by atoms with Gasteiger partial charge in [-0.05, 0) is 43.0 Å². The summed E-state index contributed by atoms with van der Waals surface area (Å²) in [6.45, 7) is 0.482. The Kier molecular flexibility index (Phi) is 8.70. The van der Waals surface area contributed by atoms with Crippen molar-refractivity contribution in [3.8, 4) is 11.5 Å². The van der Waals surface area contributed by atoms with Gasteiger partial charge in [0.15, 0.2) is 6.61 Å². The van der Waals surface area contributed by atoms with E-state index in [1.54, 1.807) is 17.0 Å². The minimum absolute atomic E-state index is 0.0664. The SMILES string of the molecule is CO[C@H]1CN(C(=O)COc2ccccc2)CCCCc2ccccc2OC[C@@H](O)[C@H]1O. The number of aryl methyl sites for hydroxylation is 1. The van der Waals surface area contributed by atoms with Gasteiger partial charge in [-0.2, -0.15) is 0 Å². The average Bonchev–Trinajstić information content (AvgIpc) is 2.81. The highest BCUT2D eigenvalue weighted by atomic mass is 16.5. The van der Waals surface area contributed by atoms with Gasteiger partial charge < -0.3 is 29.3 Å². The lowest BCUT2D eigenvalue weighted by Crippen LogP contribution is -2.49. The number of hydrogen-bond acceptors (Lipinski definition) is 6. The third-order valence-corrected chi connectivity index (χ3v) is 5.44. The molecule has 0 bridgehead atoms. The maximum absolute atomic E-state index is 12.9. The van der Waals surface area contributed by atoms with E-state index in [4.69, 9.17) is 14.2 Å². The molecule has 2 N–H and O–H groups in total. The lowest BCUT2D eigenvalue weighted by molar-refractivity contribution is -0.139. The minimum atomic E-state index is -1.21. The number of carbonyl (C=O) groups is 1. The van der Waals surface area contributed by atoms with Gasteiger partial charge in [0.2, 0.25) is 0 Å². The molecular formula is C24H31NO6. The highest BCUT2D eigenvalue weighted by Gasteiger charge is 2.30. The van der Waals surface area contributed by atoms with Gasteiger partial charge in [0.25, 0.3) is 5.91 Å². The summed E-state index contributed by atoms with van der Waals surface area (Å²) < 4.78 is 16.8. The molecule has 0 spiro atoms. The molecule has 0 saturated heterocycles. The molecule has 0 fully saturated rings. The van der Waals surface area contributed by atoms with Gasteiger partial charge >= 0.3 is 0 Å². The van der Waals surface area contributed by atoms with Crippen molar-refractivity contribution in [3.63, 3.8) is 0 Å². The van der Waals surface area contributed by atoms with Crippen molar-refractivity contribution < 1.29 is 29.2 Å². The van der Waals surface area contributed by atoms with E-state index in [-0.39, 0.29) is 25.7 Å². The fourth-order valence-corrected chi connectivity index (χ4v) is 3.60. The van der Waals surface area contributed by atoms with E-state index in [0.717, 1.165) is 24.8 Å². The number of para-hydroxylation sites is 2. The predicted octanol–water partition coefficient (Wildman–Crippen LogP) is 2.05. The number of aliphatic hydroxyl groups is 2. The zero-order valence-electron chi connectivity index (χ0n) is 17.9. The van der Waals surface area contributed by atoms with Gasteiger partial charge in [0.1, 0.15) is 36.4 Å². The van der Waals surface area contributed by atoms with Crippen LogP contribution in [0, 0.1) is 0 Å². The lowest BCUT2D eigenvalue weighted by atomic mass is 10.1. The van der Waals surface area contributed by atoms with Crippen molar-refractivity contribution in [1.29, 1.82) is 0 Å². The molecule has 7 nitrogen and oxygen atoms in total. The Bertz CT molecular complexity index is 815. The molecule has 0 saturated carbocycles. The quantitative estimate of drug-likeness (QED) is 0.774. The molecule has 0 radical (unpaired) electrons. The van der Waals surface area contributed by atoms with E-state index in [9.17, 15) is 15.0 Å². The molecule has 0 aromatic heterocycles. The van der Waals surface area contributed by atoms with Crippen LogP contribution in [0.3, 0.4) is 0 Å². The Labute approximate surface area is 183 Å². The number of aliphatic hydroxyl groups excluding tert-OH is 2. The normalized spacial score (nSPS) is 22.8. The second-order valence-electron chi connectivity index (χ2n) is 7.65. The summed E-state index contributed by atoms with van der Waals surface area (Å²) in [6, 6.07) is 16.8. The first-order valence-electron chi connectivity index (χ1n) is 10.6. The van der Waals surface area contributed by atoms with Crippen LogP contribution in [0.2, 0.25) is 0 Å². The van der Waals surface area contributed by atoms with Crippen LogP contribution >= 0.6 is 0 Å². The summed E-state index contributed by atoms with van der Waals surface area (Å²) in [7, 11) is 1.46. The first kappa shape index (κ1) is 23.1. The zero-order valence-corrected chi connectivity index (χ0v) is 17.9. The van der Waals surface area contributed by atoms with Crippen molar-refractivity contribution in [2.75, 3.05) is 33.4 Å². The number of nitrogens with zero attached hydrogens (tertiary/aromatic N) is 1. The van der Waals surface area contributed by atoms with Crippen LogP contribution in [0.4, 0.5) is 0 Å². The maximum atomic E-state index is 12.9. The van der Waals surface area contributed by atoms with Crippen molar-refractivity contribution in [2.24, 2.45) is 0 Å². The largest absolute Gasteiger partial charge is 0.491 e. The first-order chi connectivity index (χ1) is 15.1. The summed E-state index contributed by atoms with van der Waals surface area (Å²) >= 11 is 0. The molecule has 2 aromatic carbocycles. The van der Waals surface area contributed by atoms with Gasteiger partial charge in [0, 0.05) is 20.2 Å². The number of rotatable bonds is 4. The third-order valence-electron chi connectivity index (χ3n) is 5.44. The van der Waals surface area contributed by atoms with E-state index in [1.807, 2.05) is 42.5 Å². The molecule has 168 valence electrons. The minimum Gasteiger partial charge on any atom is -0.491 e. The molecule has 0 aliphatic carbocycles. The third kappa shape index (κ3) is 6.69. The number of methoxy groups -OCH3 is 1. The van der Waals surface area contributed by atoms with E-state index in [1.165, 1.54) is 7.11 Å². The van der Waals surface area contributed by atoms with Crippen LogP contribution in [0.5, 0.6) is 11.5 Å². The molecule has 3 atom stereocenters. The monoisotopic (exact) mass is 429 g/mol. The first-order valence-corrected chi connectivity index (χ1v) is 10.6. The number of hydrogen-bond donors (Lipinski definition) is 2. The number of ether oxygens (including phenoxy) is 3. The fraction of sp³-hybridized carbons (Fsp3) is 0.458. The average molecular weight is 430 g/mol. The number of carbonyl (C=O) groups excluding carboxylic acids is 1. The Morgan fingerprint density at radius 2 is 1.84 bits per heavy atom. The van der Waals surface area contributed by atoms with Gasteiger partial charge in [-0.25, -0.2) is 0 Å². The molecule has 0 unspecified atom stereocenters. The molecule has 31 heavy (non-hydrogen) atoms. The van der Waals surface area contributed by atoms with E-state index >= 15 is 0 Å². The van der Waals surface area contributed by atoms with Crippen LogP contribution in [0.1, 0.15) is 18.4 Å². The molecule has 2 aromatic rings. The fourth-order valence-electron chi connectivity index (χ4n) is 3.60. The van der Waals surface area contributed by atoms with Crippen LogP contribution < -0.4 is 9.47 Å². The number of fused-ring (bicyclic) bond motifs is 1. The summed E-state index contributed by atoms with van der Waals surface area (Å²) in [6.07, 6.45) is -0.673. The highest BCUT2D eigenvalue weighted by Crippen LogP contribution is 2.22. The predicted molar refractivity (Wildman–Crippen MR) is 116 cm³/mol. The van der Waals surface area contributed by atoms with Crippen molar-refractivity contribution in [1.82, 2.24) is 4.90 Å². The Hall–Kier alpha value is -2.61. The van der Waals surface area contributed by atoms with E-state index < -0.39 is 18.3 Å². The molecule has 7 heteroatoms. The second kappa shape index (κ2) is 11.7. The summed E-state index contributed by atoms with van der Waals surface area (Å²) in [5.74, 6) is 1.12. The Balaban J connectivity index is 1.71. The van der Waals surface area contributed by atoms with Crippen molar-refractivity contribution >= 4 is 5.91 Å². The topological polar surface area (TPSA) is 88.5 Å². The van der Waals surface area contributed by atoms with Crippen molar-refractivity contribution in [2.45, 2.75) is 37.6 Å². The lowest BCUT2D eigenvalue weighted by Gasteiger charge is -2.31. The van der Waals surface area contributed by atoms with E-state index in [2.05, 4.69) is 0 Å². The number of benzene rings is 2. The van der Waals surface area contributed by atoms with Gasteiger partial charge in [0.05, 0.1) is 0 Å². The summed E-state index contributed by atoms with van der Waals surface area (Å²) in [5, 5.41) is 21.1. The van der Waals surface area contributed by atoms with Gasteiger partial charge in [-0.15, -0.1) is 0 Å². The molecule has 1 aliphatic rings. The molecular weight excluding hydrogens is 398 g/mol. The number of amides is 1. The van der Waals surface area contributed by atoms with Crippen molar-refractivity contribution in [3.05, 3.63) is 60.2 Å². The van der Waals surface area contributed by atoms with Crippen LogP contribution in [0.25, 0.3) is 0 Å². The van der Waals surface area contributed by atoms with Gasteiger partial charge in [-0.3, -0.25) is 4.79 Å². The Morgan fingerprint density at radius 3 is 2.61 bits per heavy atom. The van der Waals surface area contributed by atoms with Crippen LogP contribution in [-0.2, 0) is 16.0 Å². The summed E-state index contributed by atoms with van der Waals surface area (Å²) in [5.41, 5.74) is 1.04. The van der Waals surface area contributed by atoms with E-state index in [0.29, 0.717) is 18.0 Å². The highest BCUT2D eigenvalue weighted by molar-refractivity contribution is 5.77. The molecule has 1 aliphatic heterocycles.